The largest absolute Gasteiger partial charge is 0.497 e. The lowest BCUT2D eigenvalue weighted by Gasteiger charge is -2.10. The summed E-state index contributed by atoms with van der Waals surface area (Å²) in [4.78, 5) is 17.5. The van der Waals surface area contributed by atoms with Gasteiger partial charge in [0.25, 0.3) is 5.56 Å². The first-order chi connectivity index (χ1) is 12.6. The van der Waals surface area contributed by atoms with Gasteiger partial charge in [-0.2, -0.15) is 9.78 Å². The zero-order chi connectivity index (χ0) is 18.3. The van der Waals surface area contributed by atoms with Crippen LogP contribution in [0.2, 0.25) is 0 Å². The number of nitrogens with zero attached hydrogens (tertiary/aromatic N) is 4. The fraction of sp³-hybridized carbons (Fsp3) is 0.250. The van der Waals surface area contributed by atoms with Gasteiger partial charge in [-0.1, -0.05) is 12.1 Å². The Morgan fingerprint density at radius 1 is 1.19 bits per heavy atom. The lowest BCUT2D eigenvalue weighted by molar-refractivity contribution is 0.414. The highest BCUT2D eigenvalue weighted by atomic mass is 16.5. The SMILES string of the molecule is COc1cccc(-n2c(C)c3cnn(C4=NCCC=C4)c(=O)c3c2C)c1. The van der Waals surface area contributed by atoms with Crippen LogP contribution >= 0.6 is 0 Å². The van der Waals surface area contributed by atoms with E-state index < -0.39 is 0 Å². The predicted octanol–water partition coefficient (Wildman–Crippen LogP) is 3.02. The molecule has 0 saturated heterocycles. The highest BCUT2D eigenvalue weighted by Crippen LogP contribution is 2.27. The third-order valence-electron chi connectivity index (χ3n) is 4.77. The van der Waals surface area contributed by atoms with Crippen molar-refractivity contribution in [2.24, 2.45) is 4.99 Å². The number of hydrogen-bond acceptors (Lipinski definition) is 4. The molecule has 132 valence electrons. The van der Waals surface area contributed by atoms with Crippen molar-refractivity contribution in [2.45, 2.75) is 20.3 Å². The summed E-state index contributed by atoms with van der Waals surface area (Å²) in [6.45, 7) is 4.64. The van der Waals surface area contributed by atoms with E-state index in [0.717, 1.165) is 34.6 Å². The van der Waals surface area contributed by atoms with E-state index in [-0.39, 0.29) is 5.56 Å². The molecule has 2 aromatic heterocycles. The second kappa shape index (κ2) is 6.29. The van der Waals surface area contributed by atoms with E-state index in [2.05, 4.69) is 14.7 Å². The Kier molecular flexibility index (Phi) is 3.95. The summed E-state index contributed by atoms with van der Waals surface area (Å²) in [5.41, 5.74) is 2.67. The molecule has 0 spiro atoms. The van der Waals surface area contributed by atoms with Crippen molar-refractivity contribution in [1.82, 2.24) is 14.3 Å². The Balaban J connectivity index is 1.97. The quantitative estimate of drug-likeness (QED) is 0.715. The van der Waals surface area contributed by atoms with Crippen LogP contribution in [-0.2, 0) is 0 Å². The van der Waals surface area contributed by atoms with E-state index in [1.807, 2.05) is 50.3 Å². The van der Waals surface area contributed by atoms with E-state index in [9.17, 15) is 4.79 Å². The normalized spacial score (nSPS) is 13.9. The molecular formula is C20H20N4O2. The molecule has 1 aromatic carbocycles. The van der Waals surface area contributed by atoms with Gasteiger partial charge < -0.3 is 9.30 Å². The zero-order valence-corrected chi connectivity index (χ0v) is 15.1. The lowest BCUT2D eigenvalue weighted by atomic mass is 10.2. The molecule has 26 heavy (non-hydrogen) atoms. The number of rotatable bonds is 2. The molecule has 0 fully saturated rings. The molecule has 0 aliphatic carbocycles. The summed E-state index contributed by atoms with van der Waals surface area (Å²) in [6.07, 6.45) is 6.51. The molecule has 4 rings (SSSR count). The highest BCUT2D eigenvalue weighted by molar-refractivity contribution is 5.97. The van der Waals surface area contributed by atoms with Gasteiger partial charge in [-0.05, 0) is 38.5 Å². The van der Waals surface area contributed by atoms with Crippen LogP contribution in [0.4, 0.5) is 0 Å². The maximum Gasteiger partial charge on any atom is 0.282 e. The van der Waals surface area contributed by atoms with Gasteiger partial charge in [-0.25, -0.2) is 0 Å². The molecule has 0 atom stereocenters. The average Bonchev–Trinajstić information content (AvgIpc) is 2.94. The number of benzene rings is 1. The summed E-state index contributed by atoms with van der Waals surface area (Å²) in [5.74, 6) is 1.37. The Morgan fingerprint density at radius 3 is 2.77 bits per heavy atom. The van der Waals surface area contributed by atoms with E-state index in [1.54, 1.807) is 13.3 Å². The zero-order valence-electron chi connectivity index (χ0n) is 15.1. The molecule has 0 N–H and O–H groups in total. The number of allylic oxidation sites excluding steroid dienone is 1. The van der Waals surface area contributed by atoms with E-state index in [0.29, 0.717) is 17.8 Å². The van der Waals surface area contributed by atoms with Crippen LogP contribution < -0.4 is 10.3 Å². The Labute approximate surface area is 151 Å². The number of ether oxygens (including phenoxy) is 1. The van der Waals surface area contributed by atoms with Crippen LogP contribution in [0.3, 0.4) is 0 Å². The molecule has 0 radical (unpaired) electrons. The summed E-state index contributed by atoms with van der Waals surface area (Å²) < 4.78 is 8.80. The molecule has 1 aliphatic heterocycles. The van der Waals surface area contributed by atoms with Crippen LogP contribution in [0.25, 0.3) is 16.5 Å². The predicted molar refractivity (Wildman–Crippen MR) is 103 cm³/mol. The van der Waals surface area contributed by atoms with Gasteiger partial charge in [-0.3, -0.25) is 9.79 Å². The number of methoxy groups -OCH3 is 1. The van der Waals surface area contributed by atoms with Gasteiger partial charge in [0, 0.05) is 35.1 Å². The Bertz CT molecular complexity index is 1120. The second-order valence-electron chi connectivity index (χ2n) is 6.29. The molecule has 0 unspecified atom stereocenters. The fourth-order valence-electron chi connectivity index (χ4n) is 3.49. The number of aliphatic imine (C=N–C) groups is 1. The van der Waals surface area contributed by atoms with Crippen molar-refractivity contribution in [3.05, 3.63) is 64.4 Å². The molecule has 3 heterocycles. The highest BCUT2D eigenvalue weighted by Gasteiger charge is 2.19. The van der Waals surface area contributed by atoms with Crippen LogP contribution in [0.15, 0.2) is 52.4 Å². The molecule has 0 amide bonds. The number of aromatic nitrogens is 3. The first-order valence-electron chi connectivity index (χ1n) is 8.57. The van der Waals surface area contributed by atoms with Crippen molar-refractivity contribution in [3.63, 3.8) is 0 Å². The molecule has 6 heteroatoms. The summed E-state index contributed by atoms with van der Waals surface area (Å²) in [7, 11) is 1.64. The number of dihydropyridines is 1. The molecule has 0 saturated carbocycles. The number of hydrogen-bond donors (Lipinski definition) is 0. The minimum absolute atomic E-state index is 0.143. The molecule has 3 aromatic rings. The minimum atomic E-state index is -0.143. The first-order valence-corrected chi connectivity index (χ1v) is 8.57. The van der Waals surface area contributed by atoms with Gasteiger partial charge in [0.15, 0.2) is 5.84 Å². The van der Waals surface area contributed by atoms with Crippen molar-refractivity contribution in [1.29, 1.82) is 0 Å². The van der Waals surface area contributed by atoms with Gasteiger partial charge in [0.1, 0.15) is 5.75 Å². The third-order valence-corrected chi connectivity index (χ3v) is 4.77. The number of fused-ring (bicyclic) bond motifs is 1. The van der Waals surface area contributed by atoms with Gasteiger partial charge >= 0.3 is 0 Å². The van der Waals surface area contributed by atoms with Crippen molar-refractivity contribution in [3.8, 4) is 11.4 Å². The van der Waals surface area contributed by atoms with E-state index in [4.69, 9.17) is 4.74 Å². The van der Waals surface area contributed by atoms with Crippen LogP contribution in [0.1, 0.15) is 17.8 Å². The Morgan fingerprint density at radius 2 is 2.04 bits per heavy atom. The molecule has 6 nitrogen and oxygen atoms in total. The first kappa shape index (κ1) is 16.3. The smallest absolute Gasteiger partial charge is 0.282 e. The lowest BCUT2D eigenvalue weighted by Crippen LogP contribution is -2.29. The third kappa shape index (κ3) is 2.45. The monoisotopic (exact) mass is 348 g/mol. The maximum atomic E-state index is 13.1. The van der Waals surface area contributed by atoms with Crippen molar-refractivity contribution >= 4 is 16.6 Å². The summed E-state index contributed by atoms with van der Waals surface area (Å²) in [6, 6.07) is 7.80. The number of aryl methyl sites for hydroxylation is 2. The topological polar surface area (TPSA) is 61.4 Å². The van der Waals surface area contributed by atoms with Gasteiger partial charge in [0.05, 0.1) is 18.7 Å². The summed E-state index contributed by atoms with van der Waals surface area (Å²) >= 11 is 0. The molecule has 0 bridgehead atoms. The van der Waals surface area contributed by atoms with Crippen molar-refractivity contribution in [2.75, 3.05) is 13.7 Å². The van der Waals surface area contributed by atoms with E-state index in [1.165, 1.54) is 4.68 Å². The maximum absolute atomic E-state index is 13.1. The molecular weight excluding hydrogens is 328 g/mol. The summed E-state index contributed by atoms with van der Waals surface area (Å²) in [5, 5.41) is 5.88. The van der Waals surface area contributed by atoms with Gasteiger partial charge in [-0.15, -0.1) is 0 Å². The van der Waals surface area contributed by atoms with Crippen molar-refractivity contribution < 1.29 is 4.74 Å². The van der Waals surface area contributed by atoms with Crippen LogP contribution in [0, 0.1) is 13.8 Å². The standard InChI is InChI=1S/C20H20N4O2/c1-13-17-12-22-24(18-9-4-5-10-21-18)20(25)19(17)14(2)23(13)15-7-6-8-16(11-15)26-3/h4,6-9,11-12H,5,10H2,1-3H3. The van der Waals surface area contributed by atoms with Crippen LogP contribution in [0.5, 0.6) is 5.75 Å². The molecule has 1 aliphatic rings. The second-order valence-corrected chi connectivity index (χ2v) is 6.29. The fourth-order valence-corrected chi connectivity index (χ4v) is 3.49. The minimum Gasteiger partial charge on any atom is -0.497 e. The Hall–Kier alpha value is -3.15. The average molecular weight is 348 g/mol. The van der Waals surface area contributed by atoms with E-state index >= 15 is 0 Å². The van der Waals surface area contributed by atoms with Crippen LogP contribution in [-0.4, -0.2) is 33.8 Å². The van der Waals surface area contributed by atoms with Gasteiger partial charge in [0.2, 0.25) is 0 Å².